The standard InChI is InChI=1S/C29H35ClFN9O/c1-15(2)40-10-4-5-18(40)14-41-29-35-25-19(28(36-29)39-12-16-6-7-17(13-39)33-16)11-20(30)23(24(25)31)27-26-21(38(3)37-27)8-9-22(32)34-26/h8-9,11,15-18,33H,4-7,10,12-14H2,1-3H3,(H2,32,34)/t16?,17?,18-/m0/s1. The molecule has 1 aromatic carbocycles. The van der Waals surface area contributed by atoms with Gasteiger partial charge in [-0.3, -0.25) is 9.58 Å². The van der Waals surface area contributed by atoms with Crippen molar-refractivity contribution in [1.82, 2.24) is 34.9 Å². The highest BCUT2D eigenvalue weighted by Crippen LogP contribution is 2.41. The van der Waals surface area contributed by atoms with Crippen LogP contribution in [0.5, 0.6) is 6.01 Å². The van der Waals surface area contributed by atoms with Crippen LogP contribution in [0.25, 0.3) is 33.2 Å². The molecule has 41 heavy (non-hydrogen) atoms. The molecule has 0 saturated carbocycles. The predicted octanol–water partition coefficient (Wildman–Crippen LogP) is 4.15. The molecule has 3 fully saturated rings. The summed E-state index contributed by atoms with van der Waals surface area (Å²) < 4.78 is 24.6. The van der Waals surface area contributed by atoms with Crippen LogP contribution in [0.2, 0.25) is 5.02 Å². The number of aryl methyl sites for hydroxylation is 1. The first-order valence-corrected chi connectivity index (χ1v) is 14.8. The molecule has 2 bridgehead atoms. The van der Waals surface area contributed by atoms with Gasteiger partial charge in [-0.15, -0.1) is 0 Å². The fourth-order valence-corrected chi connectivity index (χ4v) is 7.14. The van der Waals surface area contributed by atoms with Crippen LogP contribution in [0.1, 0.15) is 39.5 Å². The third kappa shape index (κ3) is 4.64. The third-order valence-corrected chi connectivity index (χ3v) is 9.10. The molecule has 3 saturated heterocycles. The molecule has 3 aromatic heterocycles. The number of hydrogen-bond acceptors (Lipinski definition) is 9. The topological polar surface area (TPSA) is 110 Å². The van der Waals surface area contributed by atoms with Crippen molar-refractivity contribution >= 4 is 45.2 Å². The lowest BCUT2D eigenvalue weighted by Crippen LogP contribution is -2.51. The number of nitrogen functional groups attached to an aromatic ring is 1. The number of nitrogens with zero attached hydrogens (tertiary/aromatic N) is 7. The van der Waals surface area contributed by atoms with Crippen molar-refractivity contribution in [2.45, 2.75) is 63.7 Å². The van der Waals surface area contributed by atoms with Crippen molar-refractivity contribution in [3.8, 4) is 17.3 Å². The van der Waals surface area contributed by atoms with E-state index in [1.807, 2.05) is 6.07 Å². The SMILES string of the molecule is CC(C)N1CCC[C@H]1COc1nc(N2CC3CCC(C2)N3)c2cc(Cl)c(-c3nn(C)c4ccc(N)nc34)c(F)c2n1. The molecule has 4 aromatic rings. The van der Waals surface area contributed by atoms with E-state index in [1.165, 1.54) is 0 Å². The summed E-state index contributed by atoms with van der Waals surface area (Å²) in [6.07, 6.45) is 4.41. The van der Waals surface area contributed by atoms with Crippen LogP contribution < -0.4 is 20.7 Å². The van der Waals surface area contributed by atoms with Crippen molar-refractivity contribution in [2.24, 2.45) is 7.05 Å². The van der Waals surface area contributed by atoms with Crippen molar-refractivity contribution < 1.29 is 9.13 Å². The zero-order chi connectivity index (χ0) is 28.4. The quantitative estimate of drug-likeness (QED) is 0.348. The van der Waals surface area contributed by atoms with Crippen LogP contribution in [0.15, 0.2) is 18.2 Å². The van der Waals surface area contributed by atoms with Crippen LogP contribution in [0.4, 0.5) is 16.0 Å². The largest absolute Gasteiger partial charge is 0.462 e. The molecule has 3 atom stereocenters. The number of nitrogens with two attached hydrogens (primary N) is 1. The molecule has 2 unspecified atom stereocenters. The monoisotopic (exact) mass is 579 g/mol. The molecule has 3 N–H and O–H groups in total. The number of piperazine rings is 1. The van der Waals surface area contributed by atoms with Gasteiger partial charge in [-0.2, -0.15) is 15.1 Å². The highest BCUT2D eigenvalue weighted by molar-refractivity contribution is 6.34. The average Bonchev–Trinajstić information content (AvgIpc) is 3.64. The molecule has 0 aliphatic carbocycles. The number of rotatable bonds is 6. The second kappa shape index (κ2) is 10.2. The Balaban J connectivity index is 1.36. The molecule has 0 radical (unpaired) electrons. The molecule has 3 aliphatic heterocycles. The lowest BCUT2D eigenvalue weighted by molar-refractivity contribution is 0.138. The van der Waals surface area contributed by atoms with Gasteiger partial charge in [-0.1, -0.05) is 11.6 Å². The van der Waals surface area contributed by atoms with Crippen LogP contribution in [0.3, 0.4) is 0 Å². The average molecular weight is 580 g/mol. The van der Waals surface area contributed by atoms with Gasteiger partial charge in [-0.25, -0.2) is 9.37 Å². The molecule has 3 aliphatic rings. The smallest absolute Gasteiger partial charge is 0.319 e. The summed E-state index contributed by atoms with van der Waals surface area (Å²) in [4.78, 5) is 18.6. The zero-order valence-corrected chi connectivity index (χ0v) is 24.3. The van der Waals surface area contributed by atoms with Gasteiger partial charge in [0.25, 0.3) is 0 Å². The molecule has 0 spiro atoms. The Labute approximate surface area is 243 Å². The number of likely N-dealkylation sites (tertiary alicyclic amines) is 1. The second-order valence-corrected chi connectivity index (χ2v) is 12.2. The summed E-state index contributed by atoms with van der Waals surface area (Å²) in [5.41, 5.74) is 7.80. The maximum atomic E-state index is 16.7. The van der Waals surface area contributed by atoms with E-state index in [0.717, 1.165) is 50.8 Å². The fraction of sp³-hybridized carbons (Fsp3) is 0.517. The lowest BCUT2D eigenvalue weighted by atomic mass is 10.1. The van der Waals surface area contributed by atoms with Crippen molar-refractivity contribution in [1.29, 1.82) is 0 Å². The van der Waals surface area contributed by atoms with Crippen molar-refractivity contribution in [3.05, 3.63) is 29.0 Å². The van der Waals surface area contributed by atoms with Gasteiger partial charge in [0.15, 0.2) is 5.82 Å². The Kier molecular flexibility index (Phi) is 6.63. The van der Waals surface area contributed by atoms with Crippen molar-refractivity contribution in [2.75, 3.05) is 36.9 Å². The number of nitrogens with one attached hydrogen (secondary N) is 1. The van der Waals surface area contributed by atoms with Gasteiger partial charge in [0, 0.05) is 49.7 Å². The molecule has 7 rings (SSSR count). The van der Waals surface area contributed by atoms with Crippen LogP contribution >= 0.6 is 11.6 Å². The summed E-state index contributed by atoms with van der Waals surface area (Å²) in [6.45, 7) is 7.46. The van der Waals surface area contributed by atoms with Gasteiger partial charge < -0.3 is 20.7 Å². The summed E-state index contributed by atoms with van der Waals surface area (Å²) in [7, 11) is 1.78. The summed E-state index contributed by atoms with van der Waals surface area (Å²) in [5.74, 6) is 0.393. The maximum Gasteiger partial charge on any atom is 0.319 e. The maximum absolute atomic E-state index is 16.7. The number of hydrogen-bond donors (Lipinski definition) is 2. The minimum atomic E-state index is -0.576. The zero-order valence-electron chi connectivity index (χ0n) is 23.6. The number of benzene rings is 1. The second-order valence-electron chi connectivity index (χ2n) is 11.8. The minimum Gasteiger partial charge on any atom is -0.462 e. The van der Waals surface area contributed by atoms with Gasteiger partial charge in [-0.05, 0) is 64.3 Å². The van der Waals surface area contributed by atoms with Gasteiger partial charge in [0.1, 0.15) is 35.0 Å². The number of aromatic nitrogens is 5. The van der Waals surface area contributed by atoms with E-state index < -0.39 is 5.82 Å². The Morgan fingerprint density at radius 1 is 1.12 bits per heavy atom. The van der Waals surface area contributed by atoms with E-state index in [-0.39, 0.29) is 28.2 Å². The van der Waals surface area contributed by atoms with Gasteiger partial charge >= 0.3 is 6.01 Å². The first kappa shape index (κ1) is 26.6. The number of fused-ring (bicyclic) bond motifs is 4. The Morgan fingerprint density at radius 2 is 1.90 bits per heavy atom. The van der Waals surface area contributed by atoms with E-state index in [9.17, 15) is 0 Å². The lowest BCUT2D eigenvalue weighted by Gasteiger charge is -2.34. The van der Waals surface area contributed by atoms with E-state index in [1.54, 1.807) is 23.9 Å². The number of anilines is 2. The number of ether oxygens (including phenoxy) is 1. The predicted molar refractivity (Wildman–Crippen MR) is 159 cm³/mol. The van der Waals surface area contributed by atoms with Gasteiger partial charge in [0.2, 0.25) is 0 Å². The van der Waals surface area contributed by atoms with Crippen LogP contribution in [-0.2, 0) is 7.05 Å². The molecular formula is C29H35ClFN9O. The summed E-state index contributed by atoms with van der Waals surface area (Å²) in [6, 6.07) is 6.88. The minimum absolute atomic E-state index is 0.139. The summed E-state index contributed by atoms with van der Waals surface area (Å²) >= 11 is 6.83. The summed E-state index contributed by atoms with van der Waals surface area (Å²) in [5, 5.41) is 9.01. The fourth-order valence-electron chi connectivity index (χ4n) is 6.86. The molecule has 0 amide bonds. The molecule has 12 heteroatoms. The Bertz CT molecular complexity index is 1630. The number of pyridine rings is 1. The van der Waals surface area contributed by atoms with Crippen molar-refractivity contribution in [3.63, 3.8) is 0 Å². The first-order valence-electron chi connectivity index (χ1n) is 14.5. The molecule has 10 nitrogen and oxygen atoms in total. The van der Waals surface area contributed by atoms with E-state index in [0.29, 0.717) is 53.0 Å². The van der Waals surface area contributed by atoms with E-state index in [4.69, 9.17) is 27.1 Å². The normalized spacial score (nSPS) is 23.0. The Morgan fingerprint density at radius 3 is 2.66 bits per heavy atom. The highest BCUT2D eigenvalue weighted by atomic mass is 35.5. The number of halogens is 2. The molecular weight excluding hydrogens is 545 g/mol. The molecule has 6 heterocycles. The highest BCUT2D eigenvalue weighted by Gasteiger charge is 2.35. The van der Waals surface area contributed by atoms with Crippen LogP contribution in [-0.4, -0.2) is 80.0 Å². The van der Waals surface area contributed by atoms with Gasteiger partial charge in [0.05, 0.1) is 16.1 Å². The molecule has 216 valence electrons. The van der Waals surface area contributed by atoms with Crippen LogP contribution in [0, 0.1) is 5.82 Å². The Hall–Kier alpha value is -3.28. The first-order chi connectivity index (χ1) is 19.8. The third-order valence-electron chi connectivity index (χ3n) is 8.80. The van der Waals surface area contributed by atoms with E-state index in [2.05, 4.69) is 44.0 Å². The van der Waals surface area contributed by atoms with E-state index >= 15 is 4.39 Å².